The third-order valence-electron chi connectivity index (χ3n) is 4.08. The van der Waals surface area contributed by atoms with Crippen molar-refractivity contribution in [3.63, 3.8) is 0 Å². The molecule has 1 aliphatic carbocycles. The van der Waals surface area contributed by atoms with Crippen molar-refractivity contribution in [3.8, 4) is 0 Å². The number of carboxylic acid groups (broad SMARTS) is 1. The Kier molecular flexibility index (Phi) is 5.54. The average Bonchev–Trinajstić information content (AvgIpc) is 2.85. The zero-order valence-electron chi connectivity index (χ0n) is 12.2. The van der Waals surface area contributed by atoms with Crippen molar-refractivity contribution in [2.75, 3.05) is 7.11 Å². The van der Waals surface area contributed by atoms with Crippen LogP contribution in [0.1, 0.15) is 71.7 Å². The fourth-order valence-corrected chi connectivity index (χ4v) is 4.13. The first-order chi connectivity index (χ1) is 9.65. The third kappa shape index (κ3) is 3.58. The molecule has 1 saturated carbocycles. The Morgan fingerprint density at radius 3 is 2.65 bits per heavy atom. The van der Waals surface area contributed by atoms with E-state index in [0.29, 0.717) is 16.5 Å². The lowest BCUT2D eigenvalue weighted by Gasteiger charge is -2.26. The minimum Gasteiger partial charge on any atom is -0.477 e. The second kappa shape index (κ2) is 7.18. The maximum atomic E-state index is 11.2. The maximum Gasteiger partial charge on any atom is 0.347 e. The highest BCUT2D eigenvalue weighted by molar-refractivity contribution is 7.13. The van der Waals surface area contributed by atoms with Crippen LogP contribution in [0.4, 0.5) is 0 Å². The molecular formula is C15H23NO3S. The third-order valence-corrected chi connectivity index (χ3v) is 5.33. The van der Waals surface area contributed by atoms with Crippen LogP contribution < -0.4 is 0 Å². The van der Waals surface area contributed by atoms with Crippen molar-refractivity contribution in [1.29, 1.82) is 0 Å². The number of aromatic nitrogens is 1. The van der Waals surface area contributed by atoms with Crippen LogP contribution >= 0.6 is 11.3 Å². The van der Waals surface area contributed by atoms with E-state index in [0.717, 1.165) is 23.8 Å². The van der Waals surface area contributed by atoms with Crippen LogP contribution in [0.5, 0.6) is 0 Å². The number of methoxy groups -OCH3 is 1. The molecule has 2 rings (SSSR count). The number of carboxylic acids is 1. The highest BCUT2D eigenvalue weighted by Crippen LogP contribution is 2.39. The number of aromatic carboxylic acids is 1. The van der Waals surface area contributed by atoms with Crippen molar-refractivity contribution in [2.45, 2.75) is 58.0 Å². The summed E-state index contributed by atoms with van der Waals surface area (Å²) in [5, 5.41) is 10.2. The second-order valence-corrected chi connectivity index (χ2v) is 6.60. The zero-order chi connectivity index (χ0) is 14.5. The summed E-state index contributed by atoms with van der Waals surface area (Å²) in [7, 11) is 1.57. The van der Waals surface area contributed by atoms with Crippen LogP contribution in [-0.2, 0) is 11.3 Å². The fraction of sp³-hybridized carbons (Fsp3) is 0.733. The number of hydrogen-bond acceptors (Lipinski definition) is 4. The van der Waals surface area contributed by atoms with Crippen LogP contribution in [0.3, 0.4) is 0 Å². The number of nitrogens with zero attached hydrogens (tertiary/aromatic N) is 1. The molecule has 1 N–H and O–H groups in total. The van der Waals surface area contributed by atoms with E-state index >= 15 is 0 Å². The van der Waals surface area contributed by atoms with Gasteiger partial charge in [0.25, 0.3) is 0 Å². The van der Waals surface area contributed by atoms with E-state index in [1.54, 1.807) is 7.11 Å². The molecule has 0 aliphatic heterocycles. The van der Waals surface area contributed by atoms with Gasteiger partial charge in [0.05, 0.1) is 17.3 Å². The highest BCUT2D eigenvalue weighted by atomic mass is 32.1. The van der Waals surface area contributed by atoms with Gasteiger partial charge in [-0.3, -0.25) is 0 Å². The van der Waals surface area contributed by atoms with E-state index in [1.165, 1.54) is 37.0 Å². The minimum atomic E-state index is -0.888. The van der Waals surface area contributed by atoms with E-state index in [2.05, 4.69) is 11.9 Å². The molecule has 0 amide bonds. The van der Waals surface area contributed by atoms with Gasteiger partial charge in [-0.25, -0.2) is 9.78 Å². The summed E-state index contributed by atoms with van der Waals surface area (Å²) in [6.07, 6.45) is 7.36. The summed E-state index contributed by atoms with van der Waals surface area (Å²) in [6.45, 7) is 2.52. The molecular weight excluding hydrogens is 274 g/mol. The number of ether oxygens (including phenoxy) is 1. The Morgan fingerprint density at radius 1 is 1.40 bits per heavy atom. The van der Waals surface area contributed by atoms with E-state index < -0.39 is 5.97 Å². The first-order valence-corrected chi connectivity index (χ1v) is 8.19. The second-order valence-electron chi connectivity index (χ2n) is 5.57. The Balaban J connectivity index is 2.06. The molecule has 1 aliphatic rings. The molecule has 1 heterocycles. The summed E-state index contributed by atoms with van der Waals surface area (Å²) in [5.74, 6) is 0.408. The molecule has 0 aromatic carbocycles. The number of rotatable bonds is 6. The standard InChI is InChI=1S/C15H23NO3S/c1-3-4-10-5-7-11(8-6-10)14-16-12(9-19-2)13(20-14)15(17)18/h10-11H,3-9H2,1-2H3,(H,17,18). The molecule has 1 aromatic heterocycles. The molecule has 4 nitrogen and oxygen atoms in total. The van der Waals surface area contributed by atoms with Gasteiger partial charge in [-0.1, -0.05) is 19.8 Å². The van der Waals surface area contributed by atoms with Crippen LogP contribution in [-0.4, -0.2) is 23.2 Å². The van der Waals surface area contributed by atoms with E-state index in [-0.39, 0.29) is 6.61 Å². The summed E-state index contributed by atoms with van der Waals surface area (Å²) < 4.78 is 5.05. The summed E-state index contributed by atoms with van der Waals surface area (Å²) in [5.41, 5.74) is 0.579. The monoisotopic (exact) mass is 297 g/mol. The molecule has 5 heteroatoms. The van der Waals surface area contributed by atoms with Gasteiger partial charge in [0.1, 0.15) is 4.88 Å². The molecule has 1 aromatic rings. The first-order valence-electron chi connectivity index (χ1n) is 7.37. The summed E-state index contributed by atoms with van der Waals surface area (Å²) in [6, 6.07) is 0. The molecule has 0 spiro atoms. The minimum absolute atomic E-state index is 0.281. The number of hydrogen-bond donors (Lipinski definition) is 1. The SMILES string of the molecule is CCCC1CCC(c2nc(COC)c(C(=O)O)s2)CC1. The Morgan fingerprint density at radius 2 is 2.10 bits per heavy atom. The van der Waals surface area contributed by atoms with Crippen LogP contribution in [0.2, 0.25) is 0 Å². The molecule has 1 fully saturated rings. The Hall–Kier alpha value is -0.940. The highest BCUT2D eigenvalue weighted by Gasteiger charge is 2.26. The van der Waals surface area contributed by atoms with Crippen LogP contribution in [0.25, 0.3) is 0 Å². The van der Waals surface area contributed by atoms with Crippen LogP contribution in [0, 0.1) is 5.92 Å². The Labute approximate surface area is 124 Å². The topological polar surface area (TPSA) is 59.4 Å². The van der Waals surface area contributed by atoms with Gasteiger partial charge < -0.3 is 9.84 Å². The largest absolute Gasteiger partial charge is 0.477 e. The number of carbonyl (C=O) groups is 1. The quantitative estimate of drug-likeness (QED) is 0.860. The van der Waals surface area contributed by atoms with Gasteiger partial charge in [-0.15, -0.1) is 11.3 Å². The first kappa shape index (κ1) is 15.4. The molecule has 0 radical (unpaired) electrons. The van der Waals surface area contributed by atoms with Crippen molar-refractivity contribution in [2.24, 2.45) is 5.92 Å². The zero-order valence-corrected chi connectivity index (χ0v) is 13.0. The Bertz CT molecular complexity index is 450. The fourth-order valence-electron chi connectivity index (χ4n) is 3.05. The van der Waals surface area contributed by atoms with Gasteiger partial charge >= 0.3 is 5.97 Å². The lowest BCUT2D eigenvalue weighted by Crippen LogP contribution is -2.13. The van der Waals surface area contributed by atoms with Gasteiger partial charge in [0, 0.05) is 13.0 Å². The van der Waals surface area contributed by atoms with Gasteiger partial charge in [0.2, 0.25) is 0 Å². The lowest BCUT2D eigenvalue weighted by atomic mass is 9.80. The summed E-state index contributed by atoms with van der Waals surface area (Å²) >= 11 is 1.34. The normalized spacial score (nSPS) is 22.9. The van der Waals surface area contributed by atoms with Gasteiger partial charge in [-0.05, 0) is 31.6 Å². The van der Waals surface area contributed by atoms with Crippen molar-refractivity contribution < 1.29 is 14.6 Å². The van der Waals surface area contributed by atoms with Crippen molar-refractivity contribution >= 4 is 17.3 Å². The molecule has 0 bridgehead atoms. The van der Waals surface area contributed by atoms with E-state index in [4.69, 9.17) is 4.74 Å². The van der Waals surface area contributed by atoms with E-state index in [1.807, 2.05) is 0 Å². The molecule has 112 valence electrons. The van der Waals surface area contributed by atoms with Crippen LogP contribution in [0.15, 0.2) is 0 Å². The van der Waals surface area contributed by atoms with Gasteiger partial charge in [0.15, 0.2) is 0 Å². The number of thiazole rings is 1. The summed E-state index contributed by atoms with van der Waals surface area (Å²) in [4.78, 5) is 16.1. The predicted octanol–water partition coefficient (Wildman–Crippen LogP) is 4.06. The smallest absolute Gasteiger partial charge is 0.347 e. The van der Waals surface area contributed by atoms with Crippen molar-refractivity contribution in [3.05, 3.63) is 15.6 Å². The molecule has 0 unspecified atom stereocenters. The lowest BCUT2D eigenvalue weighted by molar-refractivity contribution is 0.0697. The predicted molar refractivity (Wildman–Crippen MR) is 79.4 cm³/mol. The maximum absolute atomic E-state index is 11.2. The van der Waals surface area contributed by atoms with E-state index in [9.17, 15) is 9.90 Å². The molecule has 0 atom stereocenters. The average molecular weight is 297 g/mol. The molecule has 0 saturated heterocycles. The van der Waals surface area contributed by atoms with Crippen molar-refractivity contribution in [1.82, 2.24) is 4.98 Å². The van der Waals surface area contributed by atoms with Gasteiger partial charge in [-0.2, -0.15) is 0 Å². The molecule has 20 heavy (non-hydrogen) atoms.